The molecule has 0 amide bonds. The van der Waals surface area contributed by atoms with E-state index in [1.165, 1.54) is 38.9 Å². The molecule has 2 aromatic heterocycles. The second-order valence-electron chi connectivity index (χ2n) is 5.97. The summed E-state index contributed by atoms with van der Waals surface area (Å²) in [6.07, 6.45) is 1.75. The van der Waals surface area contributed by atoms with E-state index in [1.807, 2.05) is 7.05 Å². The lowest BCUT2D eigenvalue weighted by molar-refractivity contribution is 0.704. The third-order valence-electron chi connectivity index (χ3n) is 4.70. The van der Waals surface area contributed by atoms with E-state index in [-0.39, 0.29) is 0 Å². The van der Waals surface area contributed by atoms with Crippen molar-refractivity contribution in [3.8, 4) is 0 Å². The van der Waals surface area contributed by atoms with Crippen LogP contribution in [0.25, 0.3) is 10.9 Å². The Morgan fingerprint density at radius 2 is 1.62 bits per heavy atom. The van der Waals surface area contributed by atoms with Gasteiger partial charge in [0.2, 0.25) is 0 Å². The van der Waals surface area contributed by atoms with Gasteiger partial charge in [0.1, 0.15) is 6.33 Å². The largest absolute Gasteiger partial charge is 0.337 e. The Morgan fingerprint density at radius 1 is 0.952 bits per heavy atom. The van der Waals surface area contributed by atoms with Crippen LogP contribution in [0, 0.1) is 34.6 Å². The number of rotatable bonds is 2. The maximum atomic E-state index is 4.41. The average molecular weight is 282 g/mol. The Labute approximate surface area is 125 Å². The van der Waals surface area contributed by atoms with Crippen molar-refractivity contribution in [2.24, 2.45) is 7.05 Å². The van der Waals surface area contributed by atoms with Crippen molar-refractivity contribution < 1.29 is 0 Å². The summed E-state index contributed by atoms with van der Waals surface area (Å²) in [5.74, 6) is 0.855. The van der Waals surface area contributed by atoms with E-state index in [1.54, 1.807) is 11.0 Å². The first kappa shape index (κ1) is 13.9. The molecule has 0 bridgehead atoms. The van der Waals surface area contributed by atoms with Crippen LogP contribution in [0.15, 0.2) is 12.4 Å². The molecule has 0 spiro atoms. The van der Waals surface area contributed by atoms with E-state index >= 15 is 0 Å². The number of benzene rings is 1. The first-order valence-electron chi connectivity index (χ1n) is 7.31. The van der Waals surface area contributed by atoms with Crippen molar-refractivity contribution in [2.45, 2.75) is 41.2 Å². The normalized spacial score (nSPS) is 11.5. The van der Waals surface area contributed by atoms with Crippen LogP contribution in [0.1, 0.15) is 33.8 Å². The molecule has 0 aliphatic rings. The summed E-state index contributed by atoms with van der Waals surface area (Å²) in [6, 6.07) is 2.28. The van der Waals surface area contributed by atoms with Crippen molar-refractivity contribution in [1.82, 2.24) is 19.3 Å². The molecule has 4 nitrogen and oxygen atoms in total. The molecule has 1 aromatic carbocycles. The fourth-order valence-electron chi connectivity index (χ4n) is 3.11. The highest BCUT2D eigenvalue weighted by molar-refractivity contribution is 5.89. The number of fused-ring (bicyclic) bond motifs is 1. The Hall–Kier alpha value is -2.10. The van der Waals surface area contributed by atoms with Gasteiger partial charge in [0.05, 0.1) is 12.1 Å². The topological polar surface area (TPSA) is 35.6 Å². The van der Waals surface area contributed by atoms with Crippen molar-refractivity contribution in [3.05, 3.63) is 46.2 Å². The van der Waals surface area contributed by atoms with Gasteiger partial charge >= 0.3 is 0 Å². The van der Waals surface area contributed by atoms with Crippen LogP contribution in [0.5, 0.6) is 0 Å². The summed E-state index contributed by atoms with van der Waals surface area (Å²) in [6.45, 7) is 11.7. The lowest BCUT2D eigenvalue weighted by atomic mass is 9.95. The zero-order chi connectivity index (χ0) is 15.3. The minimum Gasteiger partial charge on any atom is -0.337 e. The van der Waals surface area contributed by atoms with Gasteiger partial charge in [-0.3, -0.25) is 4.68 Å². The number of nitrogens with zero attached hydrogens (tertiary/aromatic N) is 4. The van der Waals surface area contributed by atoms with Gasteiger partial charge in [-0.05, 0) is 62.9 Å². The molecule has 0 radical (unpaired) electrons. The van der Waals surface area contributed by atoms with Crippen LogP contribution in [0.3, 0.4) is 0 Å². The van der Waals surface area contributed by atoms with Gasteiger partial charge in [0, 0.05) is 18.1 Å². The lowest BCUT2D eigenvalue weighted by Crippen LogP contribution is -2.06. The molecule has 4 heteroatoms. The highest BCUT2D eigenvalue weighted by atomic mass is 15.3. The fourth-order valence-corrected chi connectivity index (χ4v) is 3.11. The molecule has 0 saturated heterocycles. The quantitative estimate of drug-likeness (QED) is 0.722. The molecule has 0 saturated carbocycles. The van der Waals surface area contributed by atoms with Gasteiger partial charge in [-0.25, -0.2) is 4.98 Å². The first-order chi connectivity index (χ1) is 9.90. The molecular weight excluding hydrogens is 260 g/mol. The molecule has 0 fully saturated rings. The maximum absolute atomic E-state index is 4.41. The van der Waals surface area contributed by atoms with Crippen molar-refractivity contribution in [2.75, 3.05) is 0 Å². The van der Waals surface area contributed by atoms with E-state index < -0.39 is 0 Å². The molecule has 3 aromatic rings. The Balaban J connectivity index is 2.25. The van der Waals surface area contributed by atoms with Gasteiger partial charge in [0.25, 0.3) is 0 Å². The summed E-state index contributed by atoms with van der Waals surface area (Å²) >= 11 is 0. The number of aryl methyl sites for hydroxylation is 4. The second-order valence-corrected chi connectivity index (χ2v) is 5.97. The van der Waals surface area contributed by atoms with Crippen molar-refractivity contribution >= 4 is 10.9 Å². The molecule has 0 atom stereocenters. The zero-order valence-corrected chi connectivity index (χ0v) is 13.7. The molecular formula is C17H22N4. The smallest absolute Gasteiger partial charge is 0.170 e. The molecule has 3 rings (SSSR count). The average Bonchev–Trinajstić information content (AvgIpc) is 2.99. The standard InChI is InChI=1S/C17H22N4/c1-10-7-15-13(4)11(2)12(3)14(5)17(15)21(10)8-16-18-9-20(6)19-16/h7,9H,8H2,1-6H3. The van der Waals surface area contributed by atoms with Gasteiger partial charge in [-0.2, -0.15) is 5.10 Å². The zero-order valence-electron chi connectivity index (χ0n) is 13.7. The third kappa shape index (κ3) is 2.06. The number of hydrogen-bond donors (Lipinski definition) is 0. The number of aromatic nitrogens is 4. The van der Waals surface area contributed by atoms with Gasteiger partial charge in [-0.15, -0.1) is 0 Å². The Kier molecular flexibility index (Phi) is 3.12. The maximum Gasteiger partial charge on any atom is 0.170 e. The minimum atomic E-state index is 0.721. The van der Waals surface area contributed by atoms with E-state index in [2.05, 4.69) is 55.3 Å². The molecule has 0 N–H and O–H groups in total. The van der Waals surface area contributed by atoms with Crippen LogP contribution in [0.4, 0.5) is 0 Å². The van der Waals surface area contributed by atoms with Crippen molar-refractivity contribution in [3.63, 3.8) is 0 Å². The van der Waals surface area contributed by atoms with Crippen LogP contribution < -0.4 is 0 Å². The third-order valence-corrected chi connectivity index (χ3v) is 4.70. The van der Waals surface area contributed by atoms with Gasteiger partial charge in [-0.1, -0.05) is 0 Å². The van der Waals surface area contributed by atoms with Crippen molar-refractivity contribution in [1.29, 1.82) is 0 Å². The highest BCUT2D eigenvalue weighted by Gasteiger charge is 2.16. The van der Waals surface area contributed by atoms with E-state index in [0.717, 1.165) is 12.4 Å². The van der Waals surface area contributed by atoms with Crippen LogP contribution in [-0.4, -0.2) is 19.3 Å². The molecule has 0 aliphatic carbocycles. The van der Waals surface area contributed by atoms with Crippen LogP contribution in [-0.2, 0) is 13.6 Å². The predicted octanol–water partition coefficient (Wildman–Crippen LogP) is 3.36. The fraction of sp³-hybridized carbons (Fsp3) is 0.412. The minimum absolute atomic E-state index is 0.721. The summed E-state index contributed by atoms with van der Waals surface area (Å²) in [5.41, 5.74) is 8.09. The number of hydrogen-bond acceptors (Lipinski definition) is 2. The second kappa shape index (κ2) is 4.72. The van der Waals surface area contributed by atoms with Gasteiger partial charge < -0.3 is 4.57 Å². The Bertz CT molecular complexity index is 836. The monoisotopic (exact) mass is 282 g/mol. The van der Waals surface area contributed by atoms with Crippen LogP contribution in [0.2, 0.25) is 0 Å². The Morgan fingerprint density at radius 3 is 2.24 bits per heavy atom. The molecule has 21 heavy (non-hydrogen) atoms. The molecule has 0 unspecified atom stereocenters. The summed E-state index contributed by atoms with van der Waals surface area (Å²) < 4.78 is 4.09. The van der Waals surface area contributed by atoms with E-state index in [9.17, 15) is 0 Å². The summed E-state index contributed by atoms with van der Waals surface area (Å²) in [7, 11) is 1.90. The van der Waals surface area contributed by atoms with E-state index in [0.29, 0.717) is 0 Å². The highest BCUT2D eigenvalue weighted by Crippen LogP contribution is 2.31. The summed E-state index contributed by atoms with van der Waals surface area (Å²) in [5, 5.41) is 5.76. The lowest BCUT2D eigenvalue weighted by Gasteiger charge is -2.14. The predicted molar refractivity (Wildman–Crippen MR) is 85.7 cm³/mol. The molecule has 110 valence electrons. The van der Waals surface area contributed by atoms with Crippen LogP contribution >= 0.6 is 0 Å². The first-order valence-corrected chi connectivity index (χ1v) is 7.31. The SMILES string of the molecule is Cc1c(C)c(C)c2c(cc(C)n2Cc2ncn(C)n2)c1C. The van der Waals surface area contributed by atoms with Gasteiger partial charge in [0.15, 0.2) is 5.82 Å². The van der Waals surface area contributed by atoms with E-state index in [4.69, 9.17) is 0 Å². The summed E-state index contributed by atoms with van der Waals surface area (Å²) in [4.78, 5) is 4.36. The molecule has 0 aliphatic heterocycles. The molecule has 2 heterocycles.